The first-order chi connectivity index (χ1) is 9.60. The van der Waals surface area contributed by atoms with Gasteiger partial charge in [0, 0.05) is 9.50 Å². The van der Waals surface area contributed by atoms with Gasteiger partial charge in [0.05, 0.1) is 28.4 Å². The number of rotatable bonds is 1. The Morgan fingerprint density at radius 1 is 1.25 bits per heavy atom. The fraction of sp³-hybridized carbons (Fsp3) is 0. The lowest BCUT2D eigenvalue weighted by Gasteiger charge is -2.07. The Balaban J connectivity index is 2.33. The molecule has 0 aliphatic heterocycles. The van der Waals surface area contributed by atoms with Gasteiger partial charge in [-0.1, -0.05) is 11.6 Å². The highest BCUT2D eigenvalue weighted by Crippen LogP contribution is 2.28. The van der Waals surface area contributed by atoms with Crippen molar-refractivity contribution in [1.29, 1.82) is 5.26 Å². The van der Waals surface area contributed by atoms with Gasteiger partial charge in [-0.15, -0.1) is 0 Å². The number of aromatic amines is 1. The molecule has 2 aromatic carbocycles. The predicted octanol–water partition coefficient (Wildman–Crippen LogP) is 4.98. The molecule has 0 saturated heterocycles. The normalized spacial score (nSPS) is 10.7. The van der Waals surface area contributed by atoms with Crippen LogP contribution < -0.4 is 0 Å². The molecular formula is C14H7BrClN3S. The molecule has 0 bridgehead atoms. The quantitative estimate of drug-likeness (QED) is 0.619. The van der Waals surface area contributed by atoms with Crippen LogP contribution >= 0.6 is 39.7 Å². The lowest BCUT2D eigenvalue weighted by atomic mass is 10.2. The number of nitrogens with one attached hydrogen (secondary N) is 1. The summed E-state index contributed by atoms with van der Waals surface area (Å²) in [6, 6.07) is 13.1. The summed E-state index contributed by atoms with van der Waals surface area (Å²) in [7, 11) is 0. The van der Waals surface area contributed by atoms with E-state index in [2.05, 4.69) is 27.0 Å². The maximum Gasteiger partial charge on any atom is 0.182 e. The molecule has 1 heterocycles. The highest BCUT2D eigenvalue weighted by Gasteiger charge is 2.10. The molecule has 1 aromatic heterocycles. The monoisotopic (exact) mass is 363 g/mol. The lowest BCUT2D eigenvalue weighted by molar-refractivity contribution is 1.06. The molecule has 0 fully saturated rings. The molecule has 1 N–H and O–H groups in total. The highest BCUT2D eigenvalue weighted by atomic mass is 79.9. The summed E-state index contributed by atoms with van der Waals surface area (Å²) < 4.78 is 3.29. The number of imidazole rings is 1. The first kappa shape index (κ1) is 13.4. The fourth-order valence-corrected chi connectivity index (χ4v) is 3.12. The molecule has 0 atom stereocenters. The van der Waals surface area contributed by atoms with Gasteiger partial charge >= 0.3 is 0 Å². The minimum atomic E-state index is 0.577. The second kappa shape index (κ2) is 5.06. The van der Waals surface area contributed by atoms with Crippen LogP contribution in [-0.4, -0.2) is 9.55 Å². The molecule has 6 heteroatoms. The van der Waals surface area contributed by atoms with E-state index in [0.717, 1.165) is 21.2 Å². The third-order valence-electron chi connectivity index (χ3n) is 2.96. The van der Waals surface area contributed by atoms with Crippen LogP contribution in [0.4, 0.5) is 0 Å². The Labute approximate surface area is 133 Å². The minimum Gasteiger partial charge on any atom is -0.330 e. The largest absolute Gasteiger partial charge is 0.330 e. The van der Waals surface area contributed by atoms with Gasteiger partial charge in [-0.2, -0.15) is 5.26 Å². The highest BCUT2D eigenvalue weighted by molar-refractivity contribution is 9.10. The maximum atomic E-state index is 8.92. The Morgan fingerprint density at radius 2 is 2.05 bits per heavy atom. The van der Waals surface area contributed by atoms with Gasteiger partial charge < -0.3 is 4.98 Å². The van der Waals surface area contributed by atoms with Gasteiger partial charge in [-0.05, 0) is 64.5 Å². The van der Waals surface area contributed by atoms with Crippen molar-refractivity contribution in [2.75, 3.05) is 0 Å². The summed E-state index contributed by atoms with van der Waals surface area (Å²) in [6.07, 6.45) is 0. The Hall–Kier alpha value is -1.61. The number of H-pyrrole nitrogens is 1. The predicted molar refractivity (Wildman–Crippen MR) is 85.9 cm³/mol. The zero-order valence-corrected chi connectivity index (χ0v) is 13.2. The van der Waals surface area contributed by atoms with Crippen molar-refractivity contribution in [3.05, 3.63) is 56.2 Å². The van der Waals surface area contributed by atoms with Crippen LogP contribution in [0.3, 0.4) is 0 Å². The van der Waals surface area contributed by atoms with Gasteiger partial charge in [0.15, 0.2) is 4.77 Å². The van der Waals surface area contributed by atoms with Crippen molar-refractivity contribution in [3.63, 3.8) is 0 Å². The average molecular weight is 365 g/mol. The smallest absolute Gasteiger partial charge is 0.182 e. The second-order valence-electron chi connectivity index (χ2n) is 4.21. The summed E-state index contributed by atoms with van der Waals surface area (Å²) >= 11 is 14.9. The van der Waals surface area contributed by atoms with Crippen LogP contribution in [0.1, 0.15) is 5.56 Å². The Bertz CT molecular complexity index is 920. The van der Waals surface area contributed by atoms with Gasteiger partial charge in [0.1, 0.15) is 0 Å². The van der Waals surface area contributed by atoms with Crippen molar-refractivity contribution in [1.82, 2.24) is 9.55 Å². The van der Waals surface area contributed by atoms with Gasteiger partial charge in [-0.25, -0.2) is 0 Å². The molecule has 0 aliphatic carbocycles. The third-order valence-corrected chi connectivity index (χ3v) is 4.12. The third kappa shape index (κ3) is 2.16. The summed E-state index contributed by atoms with van der Waals surface area (Å²) in [5.74, 6) is 0. The maximum absolute atomic E-state index is 8.92. The molecule has 3 nitrogen and oxygen atoms in total. The molecule has 98 valence electrons. The zero-order valence-electron chi connectivity index (χ0n) is 10.0. The van der Waals surface area contributed by atoms with E-state index in [-0.39, 0.29) is 0 Å². The van der Waals surface area contributed by atoms with Crippen molar-refractivity contribution < 1.29 is 0 Å². The van der Waals surface area contributed by atoms with Crippen molar-refractivity contribution in [2.45, 2.75) is 0 Å². The van der Waals surface area contributed by atoms with Crippen LogP contribution in [0.5, 0.6) is 0 Å². The molecule has 0 spiro atoms. The zero-order chi connectivity index (χ0) is 14.3. The van der Waals surface area contributed by atoms with Crippen LogP contribution in [0.2, 0.25) is 5.02 Å². The number of hydrogen-bond acceptors (Lipinski definition) is 2. The van der Waals surface area contributed by atoms with Crippen molar-refractivity contribution in [3.8, 4) is 11.8 Å². The van der Waals surface area contributed by atoms with Crippen LogP contribution in [0.25, 0.3) is 16.7 Å². The van der Waals surface area contributed by atoms with Gasteiger partial charge in [-0.3, -0.25) is 4.57 Å². The standard InChI is InChI=1S/C14H7BrClN3S/c15-10-5-8(7-17)1-3-12(10)19-13-4-2-9(16)6-11(13)18-14(19)20/h1-6H,(H,18,20). The first-order valence-electron chi connectivity index (χ1n) is 5.70. The number of nitrogens with zero attached hydrogens (tertiary/aromatic N) is 2. The number of aromatic nitrogens is 2. The number of benzene rings is 2. The molecule has 3 aromatic rings. The van der Waals surface area contributed by atoms with Crippen LogP contribution in [-0.2, 0) is 0 Å². The van der Waals surface area contributed by atoms with Crippen molar-refractivity contribution in [2.24, 2.45) is 0 Å². The van der Waals surface area contributed by atoms with E-state index in [1.807, 2.05) is 28.8 Å². The van der Waals surface area contributed by atoms with Crippen LogP contribution in [0.15, 0.2) is 40.9 Å². The Kier molecular flexibility index (Phi) is 3.38. The molecule has 20 heavy (non-hydrogen) atoms. The SMILES string of the molecule is N#Cc1ccc(-n2c(=S)[nH]c3cc(Cl)ccc32)c(Br)c1. The number of halogens is 2. The van der Waals surface area contributed by atoms with E-state index >= 15 is 0 Å². The molecule has 0 aliphatic rings. The summed E-state index contributed by atoms with van der Waals surface area (Å²) in [5.41, 5.74) is 3.28. The Morgan fingerprint density at radius 3 is 2.75 bits per heavy atom. The fourth-order valence-electron chi connectivity index (χ4n) is 2.08. The number of hydrogen-bond donors (Lipinski definition) is 1. The van der Waals surface area contributed by atoms with E-state index in [0.29, 0.717) is 15.4 Å². The molecule has 0 saturated carbocycles. The summed E-state index contributed by atoms with van der Waals surface area (Å²) in [5, 5.41) is 9.57. The molecular weight excluding hydrogens is 358 g/mol. The number of nitriles is 1. The first-order valence-corrected chi connectivity index (χ1v) is 7.28. The van der Waals surface area contributed by atoms with E-state index in [9.17, 15) is 0 Å². The van der Waals surface area contributed by atoms with Gasteiger partial charge in [0.25, 0.3) is 0 Å². The van der Waals surface area contributed by atoms with E-state index < -0.39 is 0 Å². The molecule has 3 rings (SSSR count). The molecule has 0 radical (unpaired) electrons. The van der Waals surface area contributed by atoms with Crippen molar-refractivity contribution >= 4 is 50.8 Å². The van der Waals surface area contributed by atoms with E-state index in [4.69, 9.17) is 29.1 Å². The average Bonchev–Trinajstić information content (AvgIpc) is 2.73. The molecule has 0 amide bonds. The second-order valence-corrected chi connectivity index (χ2v) is 5.88. The molecule has 0 unspecified atom stereocenters. The van der Waals surface area contributed by atoms with Gasteiger partial charge in [0.2, 0.25) is 0 Å². The lowest BCUT2D eigenvalue weighted by Crippen LogP contribution is -1.95. The van der Waals surface area contributed by atoms with E-state index in [1.165, 1.54) is 0 Å². The summed E-state index contributed by atoms with van der Waals surface area (Å²) in [6.45, 7) is 0. The van der Waals surface area contributed by atoms with E-state index in [1.54, 1.807) is 12.1 Å². The topological polar surface area (TPSA) is 44.5 Å². The minimum absolute atomic E-state index is 0.577. The van der Waals surface area contributed by atoms with Crippen LogP contribution in [0, 0.1) is 16.1 Å². The number of fused-ring (bicyclic) bond motifs is 1. The summed E-state index contributed by atoms with van der Waals surface area (Å²) in [4.78, 5) is 3.13.